The molecule has 7 nitrogen and oxygen atoms in total. The third-order valence-electron chi connectivity index (χ3n) is 3.15. The van der Waals surface area contributed by atoms with E-state index in [-0.39, 0.29) is 6.10 Å². The van der Waals surface area contributed by atoms with Crippen LogP contribution in [0.3, 0.4) is 0 Å². The zero-order chi connectivity index (χ0) is 16.5. The van der Waals surface area contributed by atoms with Crippen LogP contribution in [0.1, 0.15) is 18.4 Å². The van der Waals surface area contributed by atoms with Crippen LogP contribution in [-0.2, 0) is 9.53 Å². The van der Waals surface area contributed by atoms with Gasteiger partial charge in [0.05, 0.1) is 12.3 Å². The molecule has 0 bridgehead atoms. The van der Waals surface area contributed by atoms with Gasteiger partial charge in [0.1, 0.15) is 5.75 Å². The molecule has 1 aliphatic rings. The van der Waals surface area contributed by atoms with Crippen molar-refractivity contribution in [2.75, 3.05) is 19.8 Å². The molecule has 23 heavy (non-hydrogen) atoms. The van der Waals surface area contributed by atoms with Gasteiger partial charge in [-0.2, -0.15) is 5.10 Å². The average molecular weight is 337 g/mol. The SMILES string of the molecule is O=C(O)COc1ccccc1C=NNC(=S)NCC1CCCO1. The second-order valence-corrected chi connectivity index (χ2v) is 5.34. The maximum atomic E-state index is 10.6. The highest BCUT2D eigenvalue weighted by molar-refractivity contribution is 7.80. The molecule has 0 spiro atoms. The number of hydrogen-bond donors (Lipinski definition) is 3. The Labute approximate surface area is 139 Å². The molecule has 1 saturated heterocycles. The highest BCUT2D eigenvalue weighted by atomic mass is 32.1. The van der Waals surface area contributed by atoms with Crippen LogP contribution in [-0.4, -0.2) is 48.3 Å². The van der Waals surface area contributed by atoms with Crippen LogP contribution < -0.4 is 15.5 Å². The van der Waals surface area contributed by atoms with Crippen LogP contribution >= 0.6 is 12.2 Å². The number of thiocarbonyl (C=S) groups is 1. The van der Waals surface area contributed by atoms with Gasteiger partial charge in [0.25, 0.3) is 0 Å². The highest BCUT2D eigenvalue weighted by Gasteiger charge is 2.15. The van der Waals surface area contributed by atoms with Crippen LogP contribution in [0, 0.1) is 0 Å². The highest BCUT2D eigenvalue weighted by Crippen LogP contribution is 2.15. The van der Waals surface area contributed by atoms with E-state index in [0.29, 0.717) is 23.0 Å². The molecule has 2 rings (SSSR count). The molecule has 1 unspecified atom stereocenters. The first-order chi connectivity index (χ1) is 11.1. The Bertz CT molecular complexity index is 574. The van der Waals surface area contributed by atoms with E-state index in [1.807, 2.05) is 6.07 Å². The Morgan fingerprint density at radius 2 is 2.35 bits per heavy atom. The predicted octanol–water partition coefficient (Wildman–Crippen LogP) is 1.13. The summed E-state index contributed by atoms with van der Waals surface area (Å²) in [6.45, 7) is 1.05. The minimum atomic E-state index is -1.03. The fourth-order valence-electron chi connectivity index (χ4n) is 2.07. The molecule has 0 amide bonds. The number of para-hydroxylation sites is 1. The molecular formula is C15H19N3O4S. The number of carboxylic acids is 1. The molecule has 8 heteroatoms. The fourth-order valence-corrected chi connectivity index (χ4v) is 2.21. The van der Waals surface area contributed by atoms with Crippen LogP contribution in [0.25, 0.3) is 0 Å². The lowest BCUT2D eigenvalue weighted by atomic mass is 10.2. The first-order valence-corrected chi connectivity index (χ1v) is 7.68. The van der Waals surface area contributed by atoms with Crippen molar-refractivity contribution in [1.82, 2.24) is 10.7 Å². The van der Waals surface area contributed by atoms with E-state index < -0.39 is 12.6 Å². The minimum absolute atomic E-state index is 0.198. The first kappa shape index (κ1) is 17.2. The Morgan fingerprint density at radius 3 is 3.09 bits per heavy atom. The maximum Gasteiger partial charge on any atom is 0.341 e. The van der Waals surface area contributed by atoms with Crippen molar-refractivity contribution in [1.29, 1.82) is 0 Å². The van der Waals surface area contributed by atoms with E-state index in [0.717, 1.165) is 19.4 Å². The topological polar surface area (TPSA) is 92.2 Å². The smallest absolute Gasteiger partial charge is 0.341 e. The lowest BCUT2D eigenvalue weighted by Gasteiger charge is -2.11. The molecule has 1 aliphatic heterocycles. The third-order valence-corrected chi connectivity index (χ3v) is 3.39. The van der Waals surface area contributed by atoms with E-state index >= 15 is 0 Å². The number of rotatable bonds is 7. The van der Waals surface area contributed by atoms with Crippen molar-refractivity contribution < 1.29 is 19.4 Å². The summed E-state index contributed by atoms with van der Waals surface area (Å²) in [4.78, 5) is 10.6. The fraction of sp³-hybridized carbons (Fsp3) is 0.400. The third kappa shape index (κ3) is 6.21. The number of benzene rings is 1. The average Bonchev–Trinajstić information content (AvgIpc) is 3.05. The van der Waals surface area contributed by atoms with E-state index in [9.17, 15) is 4.79 Å². The first-order valence-electron chi connectivity index (χ1n) is 7.27. The molecule has 124 valence electrons. The number of hydrogen-bond acceptors (Lipinski definition) is 5. The summed E-state index contributed by atoms with van der Waals surface area (Å²) >= 11 is 5.12. The van der Waals surface area contributed by atoms with Crippen LogP contribution in [0.4, 0.5) is 0 Å². The van der Waals surface area contributed by atoms with Gasteiger partial charge < -0.3 is 19.9 Å². The molecule has 1 fully saturated rings. The number of hydrazone groups is 1. The van der Waals surface area contributed by atoms with Gasteiger partial charge in [-0.25, -0.2) is 4.79 Å². The summed E-state index contributed by atoms with van der Waals surface area (Å²) in [5.74, 6) is -0.590. The Balaban J connectivity index is 1.80. The summed E-state index contributed by atoms with van der Waals surface area (Å²) in [6, 6.07) is 7.02. The molecule has 1 atom stereocenters. The van der Waals surface area contributed by atoms with Crippen molar-refractivity contribution >= 4 is 29.5 Å². The standard InChI is InChI=1S/C15H19N3O4S/c19-14(20)10-22-13-6-2-1-4-11(13)8-17-18-15(23)16-9-12-5-3-7-21-12/h1-2,4,6,8,12H,3,5,7,9-10H2,(H,19,20)(H2,16,18,23). The van der Waals surface area contributed by atoms with Gasteiger partial charge in [0.15, 0.2) is 11.7 Å². The van der Waals surface area contributed by atoms with Crippen molar-refractivity contribution in [3.05, 3.63) is 29.8 Å². The van der Waals surface area contributed by atoms with Crippen molar-refractivity contribution in [3.8, 4) is 5.75 Å². The normalized spacial score (nSPS) is 17.1. The van der Waals surface area contributed by atoms with E-state index in [2.05, 4.69) is 15.8 Å². The van der Waals surface area contributed by atoms with Crippen LogP contribution in [0.5, 0.6) is 5.75 Å². The molecule has 0 aliphatic carbocycles. The number of aliphatic carboxylic acids is 1. The number of nitrogens with zero attached hydrogens (tertiary/aromatic N) is 1. The van der Waals surface area contributed by atoms with Gasteiger partial charge in [0.2, 0.25) is 0 Å². The predicted molar refractivity (Wildman–Crippen MR) is 89.9 cm³/mol. The molecule has 3 N–H and O–H groups in total. The minimum Gasteiger partial charge on any atom is -0.481 e. The summed E-state index contributed by atoms with van der Waals surface area (Å²) in [6.07, 6.45) is 3.84. The van der Waals surface area contributed by atoms with Gasteiger partial charge in [-0.3, -0.25) is 5.43 Å². The molecule has 0 radical (unpaired) electrons. The Kier molecular flexibility index (Phi) is 6.76. The Morgan fingerprint density at radius 1 is 1.52 bits per heavy atom. The zero-order valence-corrected chi connectivity index (χ0v) is 13.3. The van der Waals surface area contributed by atoms with Gasteiger partial charge in [-0.1, -0.05) is 12.1 Å². The second-order valence-electron chi connectivity index (χ2n) is 4.94. The summed E-state index contributed by atoms with van der Waals surface area (Å²) in [5.41, 5.74) is 3.37. The van der Waals surface area contributed by atoms with Gasteiger partial charge in [0, 0.05) is 18.7 Å². The molecule has 0 saturated carbocycles. The van der Waals surface area contributed by atoms with Gasteiger partial charge >= 0.3 is 5.97 Å². The molecule has 0 aromatic heterocycles. The summed E-state index contributed by atoms with van der Waals surface area (Å²) in [5, 5.41) is 16.1. The maximum absolute atomic E-state index is 10.6. The molecule has 1 heterocycles. The van der Waals surface area contributed by atoms with E-state index in [1.165, 1.54) is 6.21 Å². The number of nitrogens with one attached hydrogen (secondary N) is 2. The largest absolute Gasteiger partial charge is 0.481 e. The van der Waals surface area contributed by atoms with Crippen molar-refractivity contribution in [2.24, 2.45) is 5.10 Å². The van der Waals surface area contributed by atoms with E-state index in [4.69, 9.17) is 26.8 Å². The lowest BCUT2D eigenvalue weighted by molar-refractivity contribution is -0.139. The van der Waals surface area contributed by atoms with Gasteiger partial charge in [-0.05, 0) is 37.2 Å². The molecule has 1 aromatic carbocycles. The van der Waals surface area contributed by atoms with Gasteiger partial charge in [-0.15, -0.1) is 0 Å². The number of carboxylic acid groups (broad SMARTS) is 1. The lowest BCUT2D eigenvalue weighted by Crippen LogP contribution is -2.37. The van der Waals surface area contributed by atoms with Crippen LogP contribution in [0.2, 0.25) is 0 Å². The van der Waals surface area contributed by atoms with Crippen molar-refractivity contribution in [3.63, 3.8) is 0 Å². The monoisotopic (exact) mass is 337 g/mol. The number of carbonyl (C=O) groups is 1. The van der Waals surface area contributed by atoms with E-state index in [1.54, 1.807) is 18.2 Å². The summed E-state index contributed by atoms with van der Waals surface area (Å²) in [7, 11) is 0. The Hall–Kier alpha value is -2.19. The van der Waals surface area contributed by atoms with Crippen molar-refractivity contribution in [2.45, 2.75) is 18.9 Å². The number of ether oxygens (including phenoxy) is 2. The van der Waals surface area contributed by atoms with Crippen LogP contribution in [0.15, 0.2) is 29.4 Å². The second kappa shape index (κ2) is 9.06. The zero-order valence-electron chi connectivity index (χ0n) is 12.5. The molecule has 1 aromatic rings. The molecular weight excluding hydrogens is 318 g/mol. The quantitative estimate of drug-likeness (QED) is 0.390. The summed E-state index contributed by atoms with van der Waals surface area (Å²) < 4.78 is 10.7.